The Morgan fingerprint density at radius 1 is 1.47 bits per heavy atom. The number of carbonyl (C=O) groups excluding carboxylic acids is 1. The summed E-state index contributed by atoms with van der Waals surface area (Å²) in [6.07, 6.45) is 5.04. The molecular weight excluding hydrogens is 258 g/mol. The van der Waals surface area contributed by atoms with Crippen LogP contribution in [0.5, 0.6) is 0 Å². The van der Waals surface area contributed by atoms with E-state index in [1.165, 1.54) is 0 Å². The number of likely N-dealkylation sites (tertiary alicyclic amines) is 1. The quantitative estimate of drug-likeness (QED) is 0.865. The molecule has 1 aliphatic heterocycles. The van der Waals surface area contributed by atoms with Crippen LogP contribution in [0.4, 0.5) is 0 Å². The predicted molar refractivity (Wildman–Crippen MR) is 78.7 cm³/mol. The molecule has 1 heterocycles. The first-order valence-corrected chi connectivity index (χ1v) is 7.96. The van der Waals surface area contributed by atoms with Crippen molar-refractivity contribution in [2.75, 3.05) is 19.4 Å². The molecule has 1 aliphatic rings. The molecule has 104 valence electrons. The SMILES string of the molecule is CSc1ccc(C)c(C(=O)N2CCCCC2CO)c1. The van der Waals surface area contributed by atoms with Gasteiger partial charge in [0.1, 0.15) is 0 Å². The molecule has 0 radical (unpaired) electrons. The van der Waals surface area contributed by atoms with Crippen molar-refractivity contribution in [3.8, 4) is 0 Å². The number of benzene rings is 1. The predicted octanol–water partition coefficient (Wildman–Crippen LogP) is 2.70. The molecule has 1 fully saturated rings. The topological polar surface area (TPSA) is 40.5 Å². The minimum absolute atomic E-state index is 0.0152. The van der Waals surface area contributed by atoms with Gasteiger partial charge in [-0.3, -0.25) is 4.79 Å². The van der Waals surface area contributed by atoms with Crippen molar-refractivity contribution in [1.82, 2.24) is 4.90 Å². The summed E-state index contributed by atoms with van der Waals surface area (Å²) in [7, 11) is 0. The number of aryl methyl sites for hydroxylation is 1. The molecule has 3 nitrogen and oxygen atoms in total. The summed E-state index contributed by atoms with van der Waals surface area (Å²) >= 11 is 1.64. The molecule has 4 heteroatoms. The van der Waals surface area contributed by atoms with Crippen LogP contribution in [0, 0.1) is 6.92 Å². The number of hydrogen-bond donors (Lipinski definition) is 1. The second-order valence-electron chi connectivity index (χ2n) is 5.01. The number of thioether (sulfide) groups is 1. The van der Waals surface area contributed by atoms with Crippen LogP contribution < -0.4 is 0 Å². The molecule has 0 aliphatic carbocycles. The average Bonchev–Trinajstić information content (AvgIpc) is 2.47. The van der Waals surface area contributed by atoms with Gasteiger partial charge >= 0.3 is 0 Å². The van der Waals surface area contributed by atoms with Gasteiger partial charge in [0.05, 0.1) is 12.6 Å². The molecule has 0 aromatic heterocycles. The van der Waals surface area contributed by atoms with E-state index in [0.717, 1.165) is 41.8 Å². The van der Waals surface area contributed by atoms with E-state index >= 15 is 0 Å². The van der Waals surface area contributed by atoms with Gasteiger partial charge in [-0.05, 0) is 50.1 Å². The zero-order valence-electron chi connectivity index (χ0n) is 11.6. The van der Waals surface area contributed by atoms with Crippen LogP contribution in [0.25, 0.3) is 0 Å². The van der Waals surface area contributed by atoms with Gasteiger partial charge < -0.3 is 10.0 Å². The maximum atomic E-state index is 12.7. The van der Waals surface area contributed by atoms with Crippen molar-refractivity contribution in [2.24, 2.45) is 0 Å². The van der Waals surface area contributed by atoms with Crippen LogP contribution >= 0.6 is 11.8 Å². The van der Waals surface area contributed by atoms with Crippen molar-refractivity contribution in [2.45, 2.75) is 37.1 Å². The normalized spacial score (nSPS) is 19.5. The number of aliphatic hydroxyl groups excluding tert-OH is 1. The smallest absolute Gasteiger partial charge is 0.254 e. The lowest BCUT2D eigenvalue weighted by Crippen LogP contribution is -2.45. The highest BCUT2D eigenvalue weighted by Gasteiger charge is 2.27. The van der Waals surface area contributed by atoms with Gasteiger partial charge in [0.2, 0.25) is 0 Å². The molecule has 19 heavy (non-hydrogen) atoms. The van der Waals surface area contributed by atoms with Crippen molar-refractivity contribution in [3.05, 3.63) is 29.3 Å². The maximum absolute atomic E-state index is 12.7. The van der Waals surface area contributed by atoms with E-state index < -0.39 is 0 Å². The fourth-order valence-electron chi connectivity index (χ4n) is 2.57. The molecule has 1 unspecified atom stereocenters. The third-order valence-corrected chi connectivity index (χ3v) is 4.50. The van der Waals surface area contributed by atoms with Gasteiger partial charge in [0, 0.05) is 17.0 Å². The van der Waals surface area contributed by atoms with Gasteiger partial charge in [0.15, 0.2) is 0 Å². The summed E-state index contributed by atoms with van der Waals surface area (Å²) in [5.41, 5.74) is 1.78. The number of piperidine rings is 1. The largest absolute Gasteiger partial charge is 0.394 e. The molecule has 1 saturated heterocycles. The van der Waals surface area contributed by atoms with E-state index in [9.17, 15) is 9.90 Å². The van der Waals surface area contributed by atoms with E-state index in [0.29, 0.717) is 0 Å². The van der Waals surface area contributed by atoms with E-state index in [-0.39, 0.29) is 18.6 Å². The highest BCUT2D eigenvalue weighted by Crippen LogP contribution is 2.24. The Morgan fingerprint density at radius 3 is 2.95 bits per heavy atom. The van der Waals surface area contributed by atoms with Crippen molar-refractivity contribution in [1.29, 1.82) is 0 Å². The van der Waals surface area contributed by atoms with E-state index in [4.69, 9.17) is 0 Å². The molecule has 1 N–H and O–H groups in total. The van der Waals surface area contributed by atoms with Gasteiger partial charge in [-0.1, -0.05) is 6.07 Å². The first-order valence-electron chi connectivity index (χ1n) is 6.74. The maximum Gasteiger partial charge on any atom is 0.254 e. The van der Waals surface area contributed by atoms with E-state index in [1.54, 1.807) is 11.8 Å². The third-order valence-electron chi connectivity index (χ3n) is 3.77. The van der Waals surface area contributed by atoms with Crippen LogP contribution in [0.3, 0.4) is 0 Å². The molecule has 0 spiro atoms. The number of rotatable bonds is 3. The van der Waals surface area contributed by atoms with Crippen LogP contribution in [0.15, 0.2) is 23.1 Å². The second kappa shape index (κ2) is 6.44. The third kappa shape index (κ3) is 3.12. The fourth-order valence-corrected chi connectivity index (χ4v) is 3.01. The summed E-state index contributed by atoms with van der Waals surface area (Å²) in [4.78, 5) is 15.6. The Bertz CT molecular complexity index is 461. The van der Waals surface area contributed by atoms with Crippen LogP contribution in [0.1, 0.15) is 35.2 Å². The summed E-state index contributed by atoms with van der Waals surface area (Å²) in [6, 6.07) is 5.98. The Morgan fingerprint density at radius 2 is 2.26 bits per heavy atom. The van der Waals surface area contributed by atoms with Gasteiger partial charge in [-0.15, -0.1) is 11.8 Å². The Hall–Kier alpha value is -1.00. The zero-order chi connectivity index (χ0) is 13.8. The summed E-state index contributed by atoms with van der Waals surface area (Å²) in [5.74, 6) is 0.0622. The van der Waals surface area contributed by atoms with Crippen LogP contribution in [-0.2, 0) is 0 Å². The van der Waals surface area contributed by atoms with Gasteiger partial charge in [-0.2, -0.15) is 0 Å². The van der Waals surface area contributed by atoms with Crippen LogP contribution in [-0.4, -0.2) is 41.4 Å². The molecule has 1 aromatic carbocycles. The van der Waals surface area contributed by atoms with Gasteiger partial charge in [0.25, 0.3) is 5.91 Å². The van der Waals surface area contributed by atoms with Gasteiger partial charge in [-0.25, -0.2) is 0 Å². The molecule has 1 amide bonds. The average molecular weight is 279 g/mol. The van der Waals surface area contributed by atoms with E-state index in [1.807, 2.05) is 36.3 Å². The highest BCUT2D eigenvalue weighted by atomic mass is 32.2. The standard InChI is InChI=1S/C15H21NO2S/c1-11-6-7-13(19-2)9-14(11)15(18)16-8-4-3-5-12(16)10-17/h6-7,9,12,17H,3-5,8,10H2,1-2H3. The first kappa shape index (κ1) is 14.4. The lowest BCUT2D eigenvalue weighted by molar-refractivity contribution is 0.0502. The van der Waals surface area contributed by atoms with Crippen molar-refractivity contribution >= 4 is 17.7 Å². The molecular formula is C15H21NO2S. The minimum Gasteiger partial charge on any atom is -0.394 e. The van der Waals surface area contributed by atoms with Crippen molar-refractivity contribution in [3.63, 3.8) is 0 Å². The number of amides is 1. The summed E-state index contributed by atoms with van der Waals surface area (Å²) < 4.78 is 0. The highest BCUT2D eigenvalue weighted by molar-refractivity contribution is 7.98. The summed E-state index contributed by atoms with van der Waals surface area (Å²) in [5, 5.41) is 9.43. The number of aliphatic hydroxyl groups is 1. The lowest BCUT2D eigenvalue weighted by atomic mass is 10.00. The number of nitrogens with zero attached hydrogens (tertiary/aromatic N) is 1. The van der Waals surface area contributed by atoms with Crippen LogP contribution in [0.2, 0.25) is 0 Å². The molecule has 0 saturated carbocycles. The lowest BCUT2D eigenvalue weighted by Gasteiger charge is -2.35. The molecule has 2 rings (SSSR count). The monoisotopic (exact) mass is 279 g/mol. The zero-order valence-corrected chi connectivity index (χ0v) is 12.4. The minimum atomic E-state index is -0.0152. The second-order valence-corrected chi connectivity index (χ2v) is 5.89. The first-order chi connectivity index (χ1) is 9.17. The Labute approximate surface area is 119 Å². The Balaban J connectivity index is 2.27. The number of hydrogen-bond acceptors (Lipinski definition) is 3. The van der Waals surface area contributed by atoms with Crippen molar-refractivity contribution < 1.29 is 9.90 Å². The molecule has 1 atom stereocenters. The summed E-state index contributed by atoms with van der Waals surface area (Å²) in [6.45, 7) is 2.79. The fraction of sp³-hybridized carbons (Fsp3) is 0.533. The Kier molecular flexibility index (Phi) is 4.88. The molecule has 0 bridgehead atoms. The number of carbonyl (C=O) groups is 1. The molecule has 1 aromatic rings. The van der Waals surface area contributed by atoms with E-state index in [2.05, 4.69) is 0 Å².